The minimum atomic E-state index is -0.596. The Morgan fingerprint density at radius 2 is 1.73 bits per heavy atom. The molecule has 0 aliphatic rings. The molecule has 0 aliphatic carbocycles. The summed E-state index contributed by atoms with van der Waals surface area (Å²) in [4.78, 5) is 28.4. The van der Waals surface area contributed by atoms with Gasteiger partial charge in [0.15, 0.2) is 18.2 Å². The molecule has 2 aromatic carbocycles. The van der Waals surface area contributed by atoms with Crippen molar-refractivity contribution in [2.45, 2.75) is 13.6 Å². The predicted molar refractivity (Wildman–Crippen MR) is 133 cm³/mol. The van der Waals surface area contributed by atoms with Crippen molar-refractivity contribution in [3.8, 4) is 34.8 Å². The van der Waals surface area contributed by atoms with E-state index in [1.165, 1.54) is 62.2 Å². The van der Waals surface area contributed by atoms with Crippen LogP contribution in [0.25, 0.3) is 10.9 Å². The summed E-state index contributed by atoms with van der Waals surface area (Å²) in [5.74, 6) is 6.49. The number of nitrogens with zero attached hydrogens (tertiary/aromatic N) is 5. The zero-order valence-electron chi connectivity index (χ0n) is 20.8. The summed E-state index contributed by atoms with van der Waals surface area (Å²) in [6.45, 7) is 1.57. The van der Waals surface area contributed by atoms with Crippen LogP contribution in [0.5, 0.6) is 23.0 Å². The van der Waals surface area contributed by atoms with Crippen molar-refractivity contribution in [2.75, 3.05) is 28.4 Å². The Labute approximate surface area is 211 Å². The van der Waals surface area contributed by atoms with E-state index in [4.69, 9.17) is 18.9 Å². The Kier molecular flexibility index (Phi) is 6.97. The van der Waals surface area contributed by atoms with E-state index in [-0.39, 0.29) is 23.9 Å². The average Bonchev–Trinajstić information content (AvgIpc) is 3.53. The Bertz CT molecular complexity index is 1550. The molecule has 0 amide bonds. The third-order valence-corrected chi connectivity index (χ3v) is 5.63. The molecule has 4 rings (SSSR count). The van der Waals surface area contributed by atoms with Gasteiger partial charge in [-0.25, -0.2) is 9.25 Å². The lowest BCUT2D eigenvalue weighted by Crippen LogP contribution is -2.13. The van der Waals surface area contributed by atoms with Gasteiger partial charge in [-0.1, -0.05) is 10.9 Å². The minimum Gasteiger partial charge on any atom is -0.495 e. The summed E-state index contributed by atoms with van der Waals surface area (Å²) < 4.78 is 24.4. The summed E-state index contributed by atoms with van der Waals surface area (Å²) in [5.41, 5.74) is 1.32. The van der Waals surface area contributed by atoms with Crippen LogP contribution in [0.3, 0.4) is 0 Å². The molecule has 12 heteroatoms. The quantitative estimate of drug-likeness (QED) is 0.145. The number of benzene rings is 2. The van der Waals surface area contributed by atoms with Gasteiger partial charge in [0.1, 0.15) is 23.8 Å². The van der Waals surface area contributed by atoms with Crippen molar-refractivity contribution in [1.29, 1.82) is 0 Å². The van der Waals surface area contributed by atoms with Gasteiger partial charge in [-0.05, 0) is 36.1 Å². The predicted octanol–water partition coefficient (Wildman–Crippen LogP) is 3.28. The summed E-state index contributed by atoms with van der Waals surface area (Å²) >= 11 is 0. The second-order valence-electron chi connectivity index (χ2n) is 7.60. The molecule has 12 nitrogen and oxygen atoms in total. The van der Waals surface area contributed by atoms with Gasteiger partial charge < -0.3 is 29.1 Å². The van der Waals surface area contributed by atoms with Gasteiger partial charge in [-0.2, -0.15) is 5.10 Å². The van der Waals surface area contributed by atoms with Gasteiger partial charge in [-0.15, -0.1) is 5.92 Å². The van der Waals surface area contributed by atoms with Crippen LogP contribution < -0.4 is 18.9 Å². The lowest BCUT2D eigenvalue weighted by molar-refractivity contribution is -0.396. The van der Waals surface area contributed by atoms with Crippen LogP contribution >= 0.6 is 0 Å². The van der Waals surface area contributed by atoms with Crippen molar-refractivity contribution in [3.05, 3.63) is 63.6 Å². The Morgan fingerprint density at radius 1 is 1.05 bits per heavy atom. The first kappa shape index (κ1) is 25.1. The molecule has 0 saturated carbocycles. The Balaban J connectivity index is 1.97. The SMILES string of the molecule is CC#Cc1c(OC)ccc2c(C(=O)c3cc(OC)c(OC)c(OC)c3)nn(Cn3ccnc3[N+](=O)[O-])c12. The van der Waals surface area contributed by atoms with E-state index in [9.17, 15) is 14.9 Å². The number of carbonyl (C=O) groups is 1. The number of hydrogen-bond acceptors (Lipinski definition) is 9. The maximum absolute atomic E-state index is 13.8. The molecule has 2 heterocycles. The second kappa shape index (κ2) is 10.3. The molecular weight excluding hydrogens is 482 g/mol. The van der Waals surface area contributed by atoms with Gasteiger partial charge >= 0.3 is 5.95 Å². The van der Waals surface area contributed by atoms with Gasteiger partial charge in [-0.3, -0.25) is 4.79 Å². The number of ketones is 1. The molecule has 0 fully saturated rings. The highest BCUT2D eigenvalue weighted by Gasteiger charge is 2.26. The first-order chi connectivity index (χ1) is 17.9. The van der Waals surface area contributed by atoms with E-state index >= 15 is 0 Å². The molecule has 0 bridgehead atoms. The third kappa shape index (κ3) is 4.38. The molecule has 4 aromatic rings. The molecule has 0 radical (unpaired) electrons. The fourth-order valence-corrected chi connectivity index (χ4v) is 4.02. The summed E-state index contributed by atoms with van der Waals surface area (Å²) in [5, 5.41) is 16.5. The molecule has 190 valence electrons. The first-order valence-electron chi connectivity index (χ1n) is 10.9. The molecule has 0 spiro atoms. The van der Waals surface area contributed by atoms with Crippen molar-refractivity contribution < 1.29 is 28.7 Å². The molecule has 37 heavy (non-hydrogen) atoms. The fourth-order valence-electron chi connectivity index (χ4n) is 4.02. The second-order valence-corrected chi connectivity index (χ2v) is 7.60. The van der Waals surface area contributed by atoms with Gasteiger partial charge in [0.05, 0.1) is 39.5 Å². The molecule has 0 atom stereocenters. The fraction of sp³-hybridized carbons (Fsp3) is 0.240. The van der Waals surface area contributed by atoms with Crippen LogP contribution in [0, 0.1) is 22.0 Å². The highest BCUT2D eigenvalue weighted by molar-refractivity contribution is 6.16. The van der Waals surface area contributed by atoms with Gasteiger partial charge in [0.25, 0.3) is 0 Å². The maximum Gasteiger partial charge on any atom is 0.436 e. The Hall–Kier alpha value is -5.05. The number of nitro groups is 1. The normalized spacial score (nSPS) is 10.5. The average molecular weight is 505 g/mol. The van der Waals surface area contributed by atoms with E-state index < -0.39 is 10.7 Å². The van der Waals surface area contributed by atoms with Crippen molar-refractivity contribution in [3.63, 3.8) is 0 Å². The van der Waals surface area contributed by atoms with Crippen LogP contribution in [-0.4, -0.2) is 58.5 Å². The Morgan fingerprint density at radius 3 is 2.30 bits per heavy atom. The zero-order valence-corrected chi connectivity index (χ0v) is 20.8. The number of rotatable bonds is 9. The number of ether oxygens (including phenoxy) is 4. The van der Waals surface area contributed by atoms with Crippen LogP contribution in [0.15, 0.2) is 36.7 Å². The first-order valence-corrected chi connectivity index (χ1v) is 10.9. The van der Waals surface area contributed by atoms with Gasteiger partial charge in [0, 0.05) is 10.9 Å². The van der Waals surface area contributed by atoms with Crippen LogP contribution in [0.4, 0.5) is 5.95 Å². The molecule has 0 N–H and O–H groups in total. The van der Waals surface area contributed by atoms with E-state index in [2.05, 4.69) is 21.9 Å². The largest absolute Gasteiger partial charge is 0.495 e. The number of methoxy groups -OCH3 is 4. The van der Waals surface area contributed by atoms with Crippen LogP contribution in [0.1, 0.15) is 28.5 Å². The smallest absolute Gasteiger partial charge is 0.436 e. The number of imidazole rings is 1. The summed E-state index contributed by atoms with van der Waals surface area (Å²) in [6.07, 6.45) is 2.77. The van der Waals surface area contributed by atoms with E-state index in [1.807, 2.05) is 0 Å². The van der Waals surface area contributed by atoms with E-state index in [0.717, 1.165) is 0 Å². The molecule has 0 aliphatic heterocycles. The van der Waals surface area contributed by atoms with Crippen molar-refractivity contribution in [2.24, 2.45) is 0 Å². The topological polar surface area (TPSA) is 133 Å². The minimum absolute atomic E-state index is 0.0963. The van der Waals surface area contributed by atoms with Crippen molar-refractivity contribution in [1.82, 2.24) is 19.3 Å². The summed E-state index contributed by atoms with van der Waals surface area (Å²) in [7, 11) is 5.88. The van der Waals surface area contributed by atoms with Crippen LogP contribution in [0.2, 0.25) is 0 Å². The van der Waals surface area contributed by atoms with E-state index in [0.29, 0.717) is 39.5 Å². The number of aromatic nitrogens is 4. The highest BCUT2D eigenvalue weighted by Crippen LogP contribution is 2.39. The highest BCUT2D eigenvalue weighted by atomic mass is 16.6. The number of hydrogen-bond donors (Lipinski definition) is 0. The lowest BCUT2D eigenvalue weighted by atomic mass is 10.0. The monoisotopic (exact) mass is 505 g/mol. The molecular formula is C25H23N5O7. The van der Waals surface area contributed by atoms with Crippen molar-refractivity contribution >= 4 is 22.6 Å². The maximum atomic E-state index is 13.8. The zero-order chi connectivity index (χ0) is 26.7. The summed E-state index contributed by atoms with van der Waals surface area (Å²) in [6, 6.07) is 6.46. The van der Waals surface area contributed by atoms with Crippen LogP contribution in [-0.2, 0) is 6.67 Å². The van der Waals surface area contributed by atoms with Gasteiger partial charge in [0.2, 0.25) is 11.5 Å². The number of carbonyl (C=O) groups excluding carboxylic acids is 1. The molecule has 2 aromatic heterocycles. The van der Waals surface area contributed by atoms with E-state index in [1.54, 1.807) is 19.1 Å². The standard InChI is InChI=1S/C25H23N5O7/c1-6-7-16-18(34-2)9-8-17-21(23(31)15-12-19(35-3)24(37-5)20(13-15)36-4)27-29(22(16)17)14-28-11-10-26-25(28)30(32)33/h8-13H,14H2,1-5H3. The lowest BCUT2D eigenvalue weighted by Gasteiger charge is -2.13. The molecule has 0 unspecified atom stereocenters. The number of fused-ring (bicyclic) bond motifs is 1. The third-order valence-electron chi connectivity index (χ3n) is 5.63. The molecule has 0 saturated heterocycles.